The molecule has 2 heterocycles. The highest BCUT2D eigenvalue weighted by atomic mass is 16.5. The molecule has 0 aromatic carbocycles. The number of methoxy groups -OCH3 is 1. The van der Waals surface area contributed by atoms with Crippen LogP contribution in [0.2, 0.25) is 0 Å². The smallest absolute Gasteiger partial charge is 0.191 e. The van der Waals surface area contributed by atoms with Gasteiger partial charge in [0.1, 0.15) is 5.76 Å². The van der Waals surface area contributed by atoms with Crippen LogP contribution < -0.4 is 10.6 Å². The summed E-state index contributed by atoms with van der Waals surface area (Å²) in [7, 11) is 1.71. The highest BCUT2D eigenvalue weighted by Crippen LogP contribution is 2.11. The fourth-order valence-corrected chi connectivity index (χ4v) is 2.25. The lowest BCUT2D eigenvalue weighted by molar-refractivity contribution is 0.0310. The molecule has 1 aliphatic heterocycles. The van der Waals surface area contributed by atoms with Gasteiger partial charge in [0.15, 0.2) is 5.96 Å². The molecule has 1 aromatic heterocycles. The molecule has 0 bridgehead atoms. The van der Waals surface area contributed by atoms with Gasteiger partial charge in [-0.15, -0.1) is 0 Å². The normalized spacial score (nSPS) is 19.1. The van der Waals surface area contributed by atoms with Crippen LogP contribution in [0.5, 0.6) is 0 Å². The zero-order chi connectivity index (χ0) is 16.5. The Hall–Kier alpha value is -1.53. The van der Waals surface area contributed by atoms with Crippen molar-refractivity contribution in [3.63, 3.8) is 0 Å². The molecule has 23 heavy (non-hydrogen) atoms. The van der Waals surface area contributed by atoms with Crippen LogP contribution in [0.3, 0.4) is 0 Å². The van der Waals surface area contributed by atoms with E-state index in [4.69, 9.17) is 13.9 Å². The van der Waals surface area contributed by atoms with E-state index in [1.165, 1.54) is 0 Å². The second-order valence-corrected chi connectivity index (χ2v) is 6.50. The summed E-state index contributed by atoms with van der Waals surface area (Å²) in [5.41, 5.74) is -0.272. The fourth-order valence-electron chi connectivity index (χ4n) is 2.25. The maximum Gasteiger partial charge on any atom is 0.191 e. The maximum absolute atomic E-state index is 5.43. The average molecular weight is 323 g/mol. The summed E-state index contributed by atoms with van der Waals surface area (Å²) in [5.74, 6) is 2.34. The third kappa shape index (κ3) is 6.62. The number of furan rings is 1. The van der Waals surface area contributed by atoms with Gasteiger partial charge in [-0.2, -0.15) is 0 Å². The van der Waals surface area contributed by atoms with Gasteiger partial charge >= 0.3 is 0 Å². The first-order valence-corrected chi connectivity index (χ1v) is 8.26. The SMILES string of the molecule is COC(C)(C)CN=C(NCCc1ccco1)NCC1CCOC1. The third-order valence-corrected chi connectivity index (χ3v) is 4.00. The zero-order valence-electron chi connectivity index (χ0n) is 14.4. The molecule has 1 atom stereocenters. The quantitative estimate of drug-likeness (QED) is 0.564. The number of aliphatic imine (C=N–C) groups is 1. The van der Waals surface area contributed by atoms with Crippen molar-refractivity contribution in [3.8, 4) is 0 Å². The van der Waals surface area contributed by atoms with Crippen LogP contribution in [0, 0.1) is 5.92 Å². The summed E-state index contributed by atoms with van der Waals surface area (Å²) < 4.78 is 16.2. The minimum absolute atomic E-state index is 0.272. The molecule has 6 nitrogen and oxygen atoms in total. The molecule has 2 rings (SSSR count). The Bertz CT molecular complexity index is 465. The largest absolute Gasteiger partial charge is 0.469 e. The highest BCUT2D eigenvalue weighted by Gasteiger charge is 2.18. The van der Waals surface area contributed by atoms with Crippen LogP contribution in [0.1, 0.15) is 26.0 Å². The molecule has 6 heteroatoms. The summed E-state index contributed by atoms with van der Waals surface area (Å²) in [6, 6.07) is 3.89. The lowest BCUT2D eigenvalue weighted by atomic mass is 10.1. The maximum atomic E-state index is 5.43. The predicted octanol–water partition coefficient (Wildman–Crippen LogP) is 1.82. The highest BCUT2D eigenvalue weighted by molar-refractivity contribution is 5.79. The van der Waals surface area contributed by atoms with Crippen LogP contribution in [-0.2, 0) is 15.9 Å². The van der Waals surface area contributed by atoms with E-state index < -0.39 is 0 Å². The molecule has 1 fully saturated rings. The summed E-state index contributed by atoms with van der Waals surface area (Å²) in [6.45, 7) is 8.00. The Morgan fingerprint density at radius 1 is 1.43 bits per heavy atom. The molecule has 0 amide bonds. The van der Waals surface area contributed by atoms with Gasteiger partial charge in [-0.25, -0.2) is 0 Å². The molecule has 1 aliphatic rings. The number of ether oxygens (including phenoxy) is 2. The van der Waals surface area contributed by atoms with Crippen molar-refractivity contribution in [1.82, 2.24) is 10.6 Å². The topological polar surface area (TPSA) is 68.0 Å². The van der Waals surface area contributed by atoms with Gasteiger partial charge in [0.25, 0.3) is 0 Å². The number of nitrogens with one attached hydrogen (secondary N) is 2. The summed E-state index contributed by atoms with van der Waals surface area (Å²) in [4.78, 5) is 4.64. The Morgan fingerprint density at radius 2 is 2.30 bits per heavy atom. The minimum atomic E-state index is -0.272. The van der Waals surface area contributed by atoms with Gasteiger partial charge in [0.2, 0.25) is 0 Å². The molecular weight excluding hydrogens is 294 g/mol. The molecule has 1 aromatic rings. The van der Waals surface area contributed by atoms with Gasteiger partial charge in [-0.05, 0) is 32.4 Å². The van der Waals surface area contributed by atoms with Gasteiger partial charge < -0.3 is 24.5 Å². The van der Waals surface area contributed by atoms with Gasteiger partial charge in [0, 0.05) is 39.1 Å². The number of nitrogens with zero attached hydrogens (tertiary/aromatic N) is 1. The standard InChI is InChI=1S/C17H29N3O3/c1-17(2,21-3)13-20-16(19-11-14-7-10-22-12-14)18-8-6-15-5-4-9-23-15/h4-5,9,14H,6-8,10-13H2,1-3H3,(H2,18,19,20). The Balaban J connectivity index is 1.82. The van der Waals surface area contributed by atoms with Crippen LogP contribution in [-0.4, -0.2) is 51.5 Å². The fraction of sp³-hybridized carbons (Fsp3) is 0.706. The van der Waals surface area contributed by atoms with E-state index in [0.29, 0.717) is 12.5 Å². The van der Waals surface area contributed by atoms with Crippen LogP contribution in [0.4, 0.5) is 0 Å². The molecule has 0 aliphatic carbocycles. The number of hydrogen-bond acceptors (Lipinski definition) is 4. The van der Waals surface area contributed by atoms with E-state index in [2.05, 4.69) is 15.6 Å². The first-order valence-electron chi connectivity index (χ1n) is 8.26. The van der Waals surface area contributed by atoms with E-state index >= 15 is 0 Å². The number of hydrogen-bond donors (Lipinski definition) is 2. The van der Waals surface area contributed by atoms with Crippen LogP contribution >= 0.6 is 0 Å². The summed E-state index contributed by atoms with van der Waals surface area (Å²) in [5, 5.41) is 6.77. The number of rotatable bonds is 8. The Labute approximate surface area is 138 Å². The zero-order valence-corrected chi connectivity index (χ0v) is 14.4. The lowest BCUT2D eigenvalue weighted by Gasteiger charge is -2.22. The van der Waals surface area contributed by atoms with E-state index in [1.54, 1.807) is 13.4 Å². The van der Waals surface area contributed by atoms with E-state index in [-0.39, 0.29) is 5.60 Å². The van der Waals surface area contributed by atoms with Gasteiger partial charge in [0.05, 0.1) is 25.0 Å². The van der Waals surface area contributed by atoms with Crippen LogP contribution in [0.25, 0.3) is 0 Å². The molecule has 0 spiro atoms. The summed E-state index contributed by atoms with van der Waals surface area (Å²) >= 11 is 0. The van der Waals surface area contributed by atoms with Crippen molar-refractivity contribution >= 4 is 5.96 Å². The van der Waals surface area contributed by atoms with E-state index in [1.807, 2.05) is 26.0 Å². The van der Waals surface area contributed by atoms with Crippen molar-refractivity contribution in [2.75, 3.05) is 40.0 Å². The van der Waals surface area contributed by atoms with Gasteiger partial charge in [-0.1, -0.05) is 0 Å². The lowest BCUT2D eigenvalue weighted by Crippen LogP contribution is -2.42. The van der Waals surface area contributed by atoms with Crippen molar-refractivity contribution < 1.29 is 13.9 Å². The first-order chi connectivity index (χ1) is 11.1. The van der Waals surface area contributed by atoms with E-state index in [0.717, 1.165) is 50.9 Å². The van der Waals surface area contributed by atoms with Gasteiger partial charge in [-0.3, -0.25) is 4.99 Å². The Kier molecular flexibility index (Phi) is 6.92. The third-order valence-electron chi connectivity index (χ3n) is 4.00. The molecular formula is C17H29N3O3. The molecule has 130 valence electrons. The minimum Gasteiger partial charge on any atom is -0.469 e. The first kappa shape index (κ1) is 17.8. The number of guanidine groups is 1. The second-order valence-electron chi connectivity index (χ2n) is 6.50. The molecule has 2 N–H and O–H groups in total. The van der Waals surface area contributed by atoms with Crippen LogP contribution in [0.15, 0.2) is 27.8 Å². The molecule has 1 saturated heterocycles. The molecule has 1 unspecified atom stereocenters. The monoisotopic (exact) mass is 323 g/mol. The molecule has 0 saturated carbocycles. The van der Waals surface area contributed by atoms with Crippen molar-refractivity contribution in [2.45, 2.75) is 32.3 Å². The predicted molar refractivity (Wildman–Crippen MR) is 90.7 cm³/mol. The average Bonchev–Trinajstić information content (AvgIpc) is 3.23. The van der Waals surface area contributed by atoms with Crippen molar-refractivity contribution in [3.05, 3.63) is 24.2 Å². The van der Waals surface area contributed by atoms with Crippen molar-refractivity contribution in [1.29, 1.82) is 0 Å². The van der Waals surface area contributed by atoms with E-state index in [9.17, 15) is 0 Å². The Morgan fingerprint density at radius 3 is 2.96 bits per heavy atom. The molecule has 0 radical (unpaired) electrons. The summed E-state index contributed by atoms with van der Waals surface area (Å²) in [6.07, 6.45) is 3.63. The van der Waals surface area contributed by atoms with Crippen molar-refractivity contribution in [2.24, 2.45) is 10.9 Å². The second kappa shape index (κ2) is 8.93.